The molecule has 0 aliphatic carbocycles. The van der Waals surface area contributed by atoms with Crippen molar-refractivity contribution in [2.24, 2.45) is 0 Å². The predicted octanol–water partition coefficient (Wildman–Crippen LogP) is 7.02. The van der Waals surface area contributed by atoms with Crippen LogP contribution >= 0.6 is 0 Å². The first kappa shape index (κ1) is 24.1. The van der Waals surface area contributed by atoms with Gasteiger partial charge in [0, 0.05) is 28.7 Å². The average Bonchev–Trinajstić information content (AvgIpc) is 2.89. The number of hydrogen-bond donors (Lipinski definition) is 3. The van der Waals surface area contributed by atoms with E-state index in [2.05, 4.69) is 46.9 Å². The number of aromatic hydroxyl groups is 2. The minimum absolute atomic E-state index is 0.0301. The summed E-state index contributed by atoms with van der Waals surface area (Å²) in [5.41, 5.74) is 0.875. The summed E-state index contributed by atoms with van der Waals surface area (Å²) in [6.45, 7) is 13.3. The fourth-order valence-electron chi connectivity index (χ4n) is 5.56. The van der Waals surface area contributed by atoms with Crippen molar-refractivity contribution in [3.05, 3.63) is 11.6 Å². The van der Waals surface area contributed by atoms with Crippen molar-refractivity contribution >= 4 is 0 Å². The standard InChI is InChI=1S/C25H46N2O2/c1-7-9-10-11-12-13-14-15-19(8-2)21-16-22(28)27(23(21)29)20-17-24(3,4)26-25(5,6)18-20/h16,19-20,26,28-29H,7-15,17-18H2,1-6H3. The summed E-state index contributed by atoms with van der Waals surface area (Å²) in [4.78, 5) is 0. The van der Waals surface area contributed by atoms with Crippen LogP contribution in [0, 0.1) is 0 Å². The quantitative estimate of drug-likeness (QED) is 0.346. The third-order valence-electron chi connectivity index (χ3n) is 6.64. The average molecular weight is 407 g/mol. The highest BCUT2D eigenvalue weighted by Crippen LogP contribution is 2.45. The number of unbranched alkanes of at least 4 members (excludes halogenated alkanes) is 6. The van der Waals surface area contributed by atoms with Crippen LogP contribution in [0.2, 0.25) is 0 Å². The van der Waals surface area contributed by atoms with Gasteiger partial charge in [0.15, 0.2) is 11.8 Å². The van der Waals surface area contributed by atoms with Gasteiger partial charge in [-0.15, -0.1) is 0 Å². The molecule has 1 atom stereocenters. The van der Waals surface area contributed by atoms with Gasteiger partial charge in [0.05, 0.1) is 0 Å². The molecule has 168 valence electrons. The van der Waals surface area contributed by atoms with Gasteiger partial charge in [-0.3, -0.25) is 4.57 Å². The van der Waals surface area contributed by atoms with E-state index < -0.39 is 0 Å². The van der Waals surface area contributed by atoms with Gasteiger partial charge in [-0.2, -0.15) is 0 Å². The molecule has 2 heterocycles. The summed E-state index contributed by atoms with van der Waals surface area (Å²) in [5, 5.41) is 25.5. The lowest BCUT2D eigenvalue weighted by atomic mass is 9.79. The first-order chi connectivity index (χ1) is 13.6. The summed E-state index contributed by atoms with van der Waals surface area (Å²) < 4.78 is 1.80. The first-order valence-electron chi connectivity index (χ1n) is 12.0. The Balaban J connectivity index is 2.05. The van der Waals surface area contributed by atoms with Crippen molar-refractivity contribution in [3.63, 3.8) is 0 Å². The molecule has 1 aromatic rings. The van der Waals surface area contributed by atoms with E-state index in [0.717, 1.165) is 31.2 Å². The van der Waals surface area contributed by atoms with Crippen LogP contribution in [-0.4, -0.2) is 25.9 Å². The van der Waals surface area contributed by atoms with Gasteiger partial charge in [0.2, 0.25) is 0 Å². The molecule has 0 aromatic carbocycles. The van der Waals surface area contributed by atoms with Gasteiger partial charge in [0.1, 0.15) is 0 Å². The van der Waals surface area contributed by atoms with E-state index in [1.165, 1.54) is 44.9 Å². The fraction of sp³-hybridized carbons (Fsp3) is 0.840. The molecule has 1 saturated heterocycles. The SMILES string of the molecule is CCCCCCCCCC(CC)c1cc(O)n(C2CC(C)(C)NC(C)(C)C2)c1O. The number of aromatic nitrogens is 1. The van der Waals surface area contributed by atoms with Crippen LogP contribution in [0.4, 0.5) is 0 Å². The van der Waals surface area contributed by atoms with Crippen LogP contribution in [0.15, 0.2) is 6.07 Å². The minimum Gasteiger partial charge on any atom is -0.494 e. The molecule has 1 aliphatic rings. The topological polar surface area (TPSA) is 57.4 Å². The fourth-order valence-corrected chi connectivity index (χ4v) is 5.56. The predicted molar refractivity (Wildman–Crippen MR) is 123 cm³/mol. The maximum absolute atomic E-state index is 11.1. The van der Waals surface area contributed by atoms with E-state index in [-0.39, 0.29) is 28.9 Å². The van der Waals surface area contributed by atoms with Crippen LogP contribution in [0.5, 0.6) is 11.8 Å². The van der Waals surface area contributed by atoms with Gasteiger partial charge in [-0.1, -0.05) is 58.8 Å². The van der Waals surface area contributed by atoms with Crippen LogP contribution in [0.25, 0.3) is 0 Å². The second-order valence-electron chi connectivity index (χ2n) is 10.6. The van der Waals surface area contributed by atoms with E-state index in [4.69, 9.17) is 0 Å². The Kier molecular flexibility index (Phi) is 8.51. The van der Waals surface area contributed by atoms with Gasteiger partial charge >= 0.3 is 0 Å². The maximum Gasteiger partial charge on any atom is 0.197 e. The number of hydrogen-bond acceptors (Lipinski definition) is 3. The third kappa shape index (κ3) is 6.67. The molecule has 2 rings (SSSR count). The normalized spacial score (nSPS) is 20.1. The largest absolute Gasteiger partial charge is 0.494 e. The molecule has 1 aliphatic heterocycles. The molecular formula is C25H46N2O2. The Morgan fingerprint density at radius 2 is 1.52 bits per heavy atom. The lowest BCUT2D eigenvalue weighted by Gasteiger charge is -2.47. The highest BCUT2D eigenvalue weighted by Gasteiger charge is 2.40. The molecular weight excluding hydrogens is 360 g/mol. The molecule has 0 radical (unpaired) electrons. The molecule has 4 heteroatoms. The van der Waals surface area contributed by atoms with Crippen LogP contribution in [0.1, 0.15) is 130 Å². The molecule has 1 fully saturated rings. The van der Waals surface area contributed by atoms with Gasteiger partial charge in [-0.05, 0) is 59.3 Å². The zero-order valence-electron chi connectivity index (χ0n) is 19.9. The molecule has 0 saturated carbocycles. The molecule has 0 amide bonds. The highest BCUT2D eigenvalue weighted by atomic mass is 16.3. The van der Waals surface area contributed by atoms with Crippen molar-refractivity contribution in [3.8, 4) is 11.8 Å². The van der Waals surface area contributed by atoms with Crippen molar-refractivity contribution in [2.45, 2.75) is 135 Å². The monoisotopic (exact) mass is 406 g/mol. The Hall–Kier alpha value is -1.16. The molecule has 1 aromatic heterocycles. The highest BCUT2D eigenvalue weighted by molar-refractivity contribution is 5.39. The van der Waals surface area contributed by atoms with E-state index >= 15 is 0 Å². The maximum atomic E-state index is 11.1. The van der Waals surface area contributed by atoms with Crippen LogP contribution < -0.4 is 5.32 Å². The summed E-state index contributed by atoms with van der Waals surface area (Å²) >= 11 is 0. The third-order valence-corrected chi connectivity index (χ3v) is 6.64. The van der Waals surface area contributed by atoms with Gasteiger partial charge in [-0.25, -0.2) is 0 Å². The van der Waals surface area contributed by atoms with Gasteiger partial charge in [0.25, 0.3) is 0 Å². The molecule has 3 N–H and O–H groups in total. The molecule has 1 unspecified atom stereocenters. The number of nitrogens with zero attached hydrogens (tertiary/aromatic N) is 1. The Labute approximate surface area is 179 Å². The molecule has 0 spiro atoms. The van der Waals surface area contributed by atoms with Crippen molar-refractivity contribution < 1.29 is 10.2 Å². The van der Waals surface area contributed by atoms with Crippen molar-refractivity contribution in [1.82, 2.24) is 9.88 Å². The van der Waals surface area contributed by atoms with Crippen molar-refractivity contribution in [2.75, 3.05) is 0 Å². The summed E-state index contributed by atoms with van der Waals surface area (Å²) in [6.07, 6.45) is 13.0. The Morgan fingerprint density at radius 1 is 0.966 bits per heavy atom. The van der Waals surface area contributed by atoms with Crippen molar-refractivity contribution in [1.29, 1.82) is 0 Å². The molecule has 0 bridgehead atoms. The number of nitrogens with one attached hydrogen (secondary N) is 1. The zero-order chi connectivity index (χ0) is 21.7. The van der Waals surface area contributed by atoms with E-state index in [1.807, 2.05) is 6.07 Å². The lowest BCUT2D eigenvalue weighted by Crippen LogP contribution is -2.57. The van der Waals surface area contributed by atoms with E-state index in [9.17, 15) is 10.2 Å². The molecule has 4 nitrogen and oxygen atoms in total. The molecule has 29 heavy (non-hydrogen) atoms. The smallest absolute Gasteiger partial charge is 0.197 e. The summed E-state index contributed by atoms with van der Waals surface area (Å²) in [5.74, 6) is 0.824. The van der Waals surface area contributed by atoms with Crippen LogP contribution in [-0.2, 0) is 0 Å². The number of rotatable bonds is 11. The Bertz CT molecular complexity index is 617. The van der Waals surface area contributed by atoms with Crippen LogP contribution in [0.3, 0.4) is 0 Å². The second kappa shape index (κ2) is 10.2. The lowest BCUT2D eigenvalue weighted by molar-refractivity contribution is 0.123. The summed E-state index contributed by atoms with van der Waals surface area (Å²) in [6, 6.07) is 1.93. The zero-order valence-corrected chi connectivity index (χ0v) is 19.9. The minimum atomic E-state index is -0.0301. The first-order valence-corrected chi connectivity index (χ1v) is 12.0. The summed E-state index contributed by atoms with van der Waals surface area (Å²) in [7, 11) is 0. The number of piperidine rings is 1. The second-order valence-corrected chi connectivity index (χ2v) is 10.6. The van der Waals surface area contributed by atoms with E-state index in [0.29, 0.717) is 5.92 Å². The Morgan fingerprint density at radius 3 is 2.07 bits per heavy atom. The van der Waals surface area contributed by atoms with Gasteiger partial charge < -0.3 is 15.5 Å². The van der Waals surface area contributed by atoms with E-state index in [1.54, 1.807) is 4.57 Å².